The Morgan fingerprint density at radius 1 is 1.42 bits per heavy atom. The summed E-state index contributed by atoms with van der Waals surface area (Å²) in [4.78, 5) is 0. The van der Waals surface area contributed by atoms with E-state index in [1.54, 1.807) is 18.4 Å². The van der Waals surface area contributed by atoms with Crippen LogP contribution < -0.4 is 4.74 Å². The number of nitriles is 1. The molecule has 12 heavy (non-hydrogen) atoms. The number of allylic oxidation sites excluding steroid dienone is 1. The van der Waals surface area contributed by atoms with Crippen LogP contribution in [0.1, 0.15) is 12.5 Å². The lowest BCUT2D eigenvalue weighted by atomic mass is 10.1. The molecule has 0 aromatic heterocycles. The molecule has 0 aliphatic heterocycles. The molecule has 1 aromatic rings. The van der Waals surface area contributed by atoms with Gasteiger partial charge < -0.3 is 4.74 Å². The average Bonchev–Trinajstić information content (AvgIpc) is 2.06. The predicted molar refractivity (Wildman–Crippen MR) is 47.4 cm³/mol. The van der Waals surface area contributed by atoms with Crippen molar-refractivity contribution in [2.75, 3.05) is 0 Å². The Kier molecular flexibility index (Phi) is 2.49. The molecule has 0 atom stereocenters. The Bertz CT molecular complexity index is 319. The minimum absolute atomic E-state index is 0.558. The Morgan fingerprint density at radius 3 is 2.42 bits per heavy atom. The van der Waals surface area contributed by atoms with Crippen LogP contribution in [0.4, 0.5) is 0 Å². The van der Waals surface area contributed by atoms with Gasteiger partial charge in [-0.3, -0.25) is 0 Å². The summed E-state index contributed by atoms with van der Waals surface area (Å²) in [5.74, 6) is 0.558. The normalized spacial score (nSPS) is 8.67. The molecule has 0 aliphatic carbocycles. The third kappa shape index (κ3) is 1.86. The Hall–Kier alpha value is -1.75. The van der Waals surface area contributed by atoms with Gasteiger partial charge in [0.05, 0.1) is 0 Å². The molecule has 0 fully saturated rings. The number of ether oxygens (including phenoxy) is 1. The molecule has 0 heterocycles. The molecule has 1 rings (SSSR count). The van der Waals surface area contributed by atoms with Crippen LogP contribution in [-0.2, 0) is 0 Å². The number of hydrogen-bond acceptors (Lipinski definition) is 2. The molecule has 2 heteroatoms. The summed E-state index contributed by atoms with van der Waals surface area (Å²) < 4.78 is 4.62. The third-order valence-electron chi connectivity index (χ3n) is 1.51. The van der Waals surface area contributed by atoms with E-state index in [1.165, 1.54) is 0 Å². The molecular formula is C10H9NO. The summed E-state index contributed by atoms with van der Waals surface area (Å²) in [6.07, 6.45) is 1.61. The van der Waals surface area contributed by atoms with Crippen LogP contribution >= 0.6 is 0 Å². The van der Waals surface area contributed by atoms with Crippen molar-refractivity contribution in [1.82, 2.24) is 0 Å². The lowest BCUT2D eigenvalue weighted by Gasteiger charge is -1.99. The fraction of sp³-hybridized carbons (Fsp3) is 0.100. The van der Waals surface area contributed by atoms with E-state index in [2.05, 4.69) is 11.3 Å². The van der Waals surface area contributed by atoms with E-state index in [0.717, 1.165) is 11.1 Å². The molecule has 0 bridgehead atoms. The zero-order valence-corrected chi connectivity index (χ0v) is 6.87. The molecule has 0 saturated heterocycles. The zero-order valence-electron chi connectivity index (χ0n) is 6.87. The van der Waals surface area contributed by atoms with Crippen molar-refractivity contribution in [3.8, 4) is 12.0 Å². The first-order valence-corrected chi connectivity index (χ1v) is 3.56. The molecule has 0 aliphatic rings. The largest absolute Gasteiger partial charge is 0.388 e. The molecule has 0 radical (unpaired) electrons. The van der Waals surface area contributed by atoms with E-state index in [9.17, 15) is 0 Å². The highest BCUT2D eigenvalue weighted by Gasteiger charge is 1.94. The van der Waals surface area contributed by atoms with Crippen molar-refractivity contribution in [3.05, 3.63) is 36.4 Å². The highest BCUT2D eigenvalue weighted by molar-refractivity contribution is 5.61. The molecular weight excluding hydrogens is 150 g/mol. The van der Waals surface area contributed by atoms with Gasteiger partial charge in [-0.15, -0.1) is 5.26 Å². The summed E-state index contributed by atoms with van der Waals surface area (Å²) in [5, 5.41) is 8.21. The van der Waals surface area contributed by atoms with Crippen LogP contribution in [0, 0.1) is 11.5 Å². The van der Waals surface area contributed by atoms with E-state index in [4.69, 9.17) is 5.26 Å². The molecule has 0 N–H and O–H groups in total. The highest BCUT2D eigenvalue weighted by Crippen LogP contribution is 2.16. The summed E-state index contributed by atoms with van der Waals surface area (Å²) in [6, 6.07) is 7.23. The van der Waals surface area contributed by atoms with Crippen molar-refractivity contribution in [2.45, 2.75) is 6.92 Å². The highest BCUT2D eigenvalue weighted by atomic mass is 16.5. The third-order valence-corrected chi connectivity index (χ3v) is 1.51. The van der Waals surface area contributed by atoms with Gasteiger partial charge in [0.15, 0.2) is 0 Å². The summed E-state index contributed by atoms with van der Waals surface area (Å²) in [5.41, 5.74) is 2.05. The Morgan fingerprint density at radius 2 is 2.00 bits per heavy atom. The van der Waals surface area contributed by atoms with Crippen LogP contribution in [0.25, 0.3) is 5.57 Å². The Balaban J connectivity index is 2.87. The second-order valence-electron chi connectivity index (χ2n) is 2.50. The van der Waals surface area contributed by atoms with Crippen LogP contribution in [0.5, 0.6) is 5.75 Å². The van der Waals surface area contributed by atoms with E-state index < -0.39 is 0 Å². The van der Waals surface area contributed by atoms with Crippen LogP contribution in [0.3, 0.4) is 0 Å². The summed E-state index contributed by atoms with van der Waals surface area (Å²) >= 11 is 0. The molecule has 0 unspecified atom stereocenters. The van der Waals surface area contributed by atoms with Gasteiger partial charge >= 0.3 is 0 Å². The van der Waals surface area contributed by atoms with Crippen molar-refractivity contribution in [3.63, 3.8) is 0 Å². The van der Waals surface area contributed by atoms with Crippen LogP contribution in [0.2, 0.25) is 0 Å². The molecule has 0 saturated carbocycles. The first-order valence-electron chi connectivity index (χ1n) is 3.56. The molecule has 0 spiro atoms. The minimum atomic E-state index is 0.558. The van der Waals surface area contributed by atoms with E-state index in [0.29, 0.717) is 5.75 Å². The van der Waals surface area contributed by atoms with E-state index in [1.807, 2.05) is 19.1 Å². The number of rotatable bonds is 2. The first kappa shape index (κ1) is 8.35. The second-order valence-corrected chi connectivity index (χ2v) is 2.50. The number of benzene rings is 1. The number of nitrogens with zero attached hydrogens (tertiary/aromatic N) is 1. The quantitative estimate of drug-likeness (QED) is 0.621. The van der Waals surface area contributed by atoms with Gasteiger partial charge in [-0.2, -0.15) is 0 Å². The van der Waals surface area contributed by atoms with Gasteiger partial charge in [0, 0.05) is 0 Å². The predicted octanol–water partition coefficient (Wildman–Crippen LogP) is 2.58. The fourth-order valence-electron chi connectivity index (χ4n) is 0.860. The van der Waals surface area contributed by atoms with Crippen LogP contribution in [0.15, 0.2) is 30.8 Å². The van der Waals surface area contributed by atoms with Crippen molar-refractivity contribution in [1.29, 1.82) is 5.26 Å². The Labute approximate surface area is 71.7 Å². The molecule has 1 aromatic carbocycles. The SMILES string of the molecule is C=C(C)c1ccc(OC#N)cc1. The fourth-order valence-corrected chi connectivity index (χ4v) is 0.860. The smallest absolute Gasteiger partial charge is 0.292 e. The average molecular weight is 159 g/mol. The first-order chi connectivity index (χ1) is 5.74. The minimum Gasteiger partial charge on any atom is -0.388 e. The second kappa shape index (κ2) is 3.59. The lowest BCUT2D eigenvalue weighted by Crippen LogP contribution is -1.82. The molecule has 60 valence electrons. The zero-order chi connectivity index (χ0) is 8.97. The lowest BCUT2D eigenvalue weighted by molar-refractivity contribution is 0.507. The monoisotopic (exact) mass is 159 g/mol. The van der Waals surface area contributed by atoms with Crippen molar-refractivity contribution in [2.24, 2.45) is 0 Å². The van der Waals surface area contributed by atoms with E-state index >= 15 is 0 Å². The number of hydrogen-bond donors (Lipinski definition) is 0. The van der Waals surface area contributed by atoms with E-state index in [-0.39, 0.29) is 0 Å². The topological polar surface area (TPSA) is 33.0 Å². The summed E-state index contributed by atoms with van der Waals surface area (Å²) in [6.45, 7) is 5.73. The maximum absolute atomic E-state index is 8.21. The van der Waals surface area contributed by atoms with Crippen molar-refractivity contribution >= 4 is 5.57 Å². The summed E-state index contributed by atoms with van der Waals surface area (Å²) in [7, 11) is 0. The van der Waals surface area contributed by atoms with Gasteiger partial charge in [-0.05, 0) is 24.6 Å². The molecule has 2 nitrogen and oxygen atoms in total. The standard InChI is InChI=1S/C10H9NO/c1-8(2)9-3-5-10(6-4-9)12-7-11/h3-6H,1H2,2H3. The van der Waals surface area contributed by atoms with Gasteiger partial charge in [-0.25, -0.2) is 0 Å². The maximum Gasteiger partial charge on any atom is 0.292 e. The van der Waals surface area contributed by atoms with Gasteiger partial charge in [0.2, 0.25) is 0 Å². The maximum atomic E-state index is 8.21. The van der Waals surface area contributed by atoms with Crippen molar-refractivity contribution < 1.29 is 4.74 Å². The van der Waals surface area contributed by atoms with Gasteiger partial charge in [0.1, 0.15) is 5.75 Å². The van der Waals surface area contributed by atoms with Gasteiger partial charge in [-0.1, -0.05) is 24.3 Å². The van der Waals surface area contributed by atoms with Gasteiger partial charge in [0.25, 0.3) is 6.26 Å². The van der Waals surface area contributed by atoms with Crippen LogP contribution in [-0.4, -0.2) is 0 Å². The molecule has 0 amide bonds.